The predicted octanol–water partition coefficient (Wildman–Crippen LogP) is 4.42. The van der Waals surface area contributed by atoms with Crippen LogP contribution in [0, 0.1) is 32.8 Å². The molecule has 0 saturated carbocycles. The van der Waals surface area contributed by atoms with E-state index < -0.39 is 77.5 Å². The fourth-order valence-electron chi connectivity index (χ4n) is 4.38. The van der Waals surface area contributed by atoms with Gasteiger partial charge in [0.25, 0.3) is 0 Å². The lowest BCUT2D eigenvalue weighted by Gasteiger charge is -2.42. The van der Waals surface area contributed by atoms with Crippen molar-refractivity contribution in [2.75, 3.05) is 13.2 Å². The number of amides is 1. The molecule has 0 aliphatic carbocycles. The maximum Gasteiger partial charge on any atom is 0.305 e. The number of carboxylic acids is 1. The minimum Gasteiger partial charge on any atom is -0.481 e. The molecular formula is C27H29F4IN2O6. The van der Waals surface area contributed by atoms with Crippen LogP contribution >= 0.6 is 22.6 Å². The minimum absolute atomic E-state index is 0.0227. The van der Waals surface area contributed by atoms with E-state index in [1.54, 1.807) is 13.8 Å². The third-order valence-electron chi connectivity index (χ3n) is 6.43. The van der Waals surface area contributed by atoms with Gasteiger partial charge in [0.15, 0.2) is 23.2 Å². The van der Waals surface area contributed by atoms with Crippen molar-refractivity contribution in [3.63, 3.8) is 0 Å². The summed E-state index contributed by atoms with van der Waals surface area (Å²) in [5.74, 6) is -12.3. The lowest BCUT2D eigenvalue weighted by atomic mass is 9.91. The van der Waals surface area contributed by atoms with E-state index in [-0.39, 0.29) is 12.0 Å². The molecule has 1 heterocycles. The van der Waals surface area contributed by atoms with Crippen molar-refractivity contribution < 1.29 is 46.5 Å². The molecule has 0 bridgehead atoms. The molecule has 3 N–H and O–H groups in total. The Kier molecular flexibility index (Phi) is 10.9. The number of aliphatic carboxylic acids is 1. The van der Waals surface area contributed by atoms with Crippen LogP contribution in [0.1, 0.15) is 45.1 Å². The monoisotopic (exact) mass is 680 g/mol. The SMILES string of the molecule is CC(C)[C@H](NC1(c2ccccc2I)CCCCO1)C(=O)N[C@@H](CC(=O)O)C(=O)COc1c(F)c(F)cc(F)c1F. The third kappa shape index (κ3) is 7.49. The summed E-state index contributed by atoms with van der Waals surface area (Å²) in [7, 11) is 0. The van der Waals surface area contributed by atoms with E-state index in [1.807, 2.05) is 24.3 Å². The van der Waals surface area contributed by atoms with Crippen LogP contribution in [0.5, 0.6) is 5.75 Å². The highest BCUT2D eigenvalue weighted by atomic mass is 127. The molecule has 3 rings (SSSR count). The second-order valence-electron chi connectivity index (χ2n) is 9.69. The quantitative estimate of drug-likeness (QED) is 0.173. The smallest absolute Gasteiger partial charge is 0.305 e. The summed E-state index contributed by atoms with van der Waals surface area (Å²) in [5.41, 5.74) is -0.194. The van der Waals surface area contributed by atoms with E-state index in [0.29, 0.717) is 13.0 Å². The summed E-state index contributed by atoms with van der Waals surface area (Å²) >= 11 is 2.17. The highest BCUT2D eigenvalue weighted by Gasteiger charge is 2.41. The number of carbonyl (C=O) groups is 3. The van der Waals surface area contributed by atoms with Crippen LogP contribution in [0.3, 0.4) is 0 Å². The van der Waals surface area contributed by atoms with Crippen molar-refractivity contribution in [3.05, 3.63) is 62.7 Å². The second-order valence-corrected chi connectivity index (χ2v) is 10.9. The molecule has 0 aromatic heterocycles. The van der Waals surface area contributed by atoms with Gasteiger partial charge in [-0.3, -0.25) is 19.7 Å². The highest BCUT2D eigenvalue weighted by molar-refractivity contribution is 14.1. The lowest BCUT2D eigenvalue weighted by Crippen LogP contribution is -2.60. The van der Waals surface area contributed by atoms with Gasteiger partial charge in [0, 0.05) is 21.8 Å². The van der Waals surface area contributed by atoms with Gasteiger partial charge in [0.1, 0.15) is 18.4 Å². The Morgan fingerprint density at radius 1 is 1.10 bits per heavy atom. The number of hydrogen-bond acceptors (Lipinski definition) is 6. The number of rotatable bonds is 12. The Morgan fingerprint density at radius 3 is 2.30 bits per heavy atom. The van der Waals surface area contributed by atoms with Gasteiger partial charge in [0.05, 0.1) is 12.5 Å². The van der Waals surface area contributed by atoms with Gasteiger partial charge in [-0.1, -0.05) is 32.0 Å². The largest absolute Gasteiger partial charge is 0.481 e. The van der Waals surface area contributed by atoms with Crippen molar-refractivity contribution in [1.82, 2.24) is 10.6 Å². The second kappa shape index (κ2) is 13.7. The number of carboxylic acid groups (broad SMARTS) is 1. The van der Waals surface area contributed by atoms with Gasteiger partial charge >= 0.3 is 5.97 Å². The first-order valence-electron chi connectivity index (χ1n) is 12.5. The average molecular weight is 680 g/mol. The molecule has 1 aliphatic rings. The number of ether oxygens (including phenoxy) is 2. The molecule has 1 saturated heterocycles. The molecule has 1 fully saturated rings. The molecular weight excluding hydrogens is 651 g/mol. The van der Waals surface area contributed by atoms with E-state index in [4.69, 9.17) is 9.47 Å². The Morgan fingerprint density at radius 2 is 1.75 bits per heavy atom. The van der Waals surface area contributed by atoms with E-state index in [9.17, 15) is 37.1 Å². The summed E-state index contributed by atoms with van der Waals surface area (Å²) in [5, 5.41) is 15.0. The molecule has 2 aromatic carbocycles. The summed E-state index contributed by atoms with van der Waals surface area (Å²) in [6.45, 7) is 2.79. The summed E-state index contributed by atoms with van der Waals surface area (Å²) in [6.07, 6.45) is 1.32. The zero-order chi connectivity index (χ0) is 29.6. The highest BCUT2D eigenvalue weighted by Crippen LogP contribution is 2.36. The zero-order valence-corrected chi connectivity index (χ0v) is 23.9. The fourth-order valence-corrected chi connectivity index (χ4v) is 5.20. The van der Waals surface area contributed by atoms with Crippen molar-refractivity contribution in [1.29, 1.82) is 0 Å². The fraction of sp³-hybridized carbons (Fsp3) is 0.444. The van der Waals surface area contributed by atoms with Gasteiger partial charge < -0.3 is 19.9 Å². The molecule has 13 heteroatoms. The molecule has 0 radical (unpaired) electrons. The molecule has 0 spiro atoms. The molecule has 40 heavy (non-hydrogen) atoms. The molecule has 3 atom stereocenters. The van der Waals surface area contributed by atoms with Gasteiger partial charge in [-0.05, 0) is 53.8 Å². The van der Waals surface area contributed by atoms with E-state index >= 15 is 0 Å². The topological polar surface area (TPSA) is 114 Å². The Balaban J connectivity index is 1.82. The van der Waals surface area contributed by atoms with Crippen LogP contribution in [0.4, 0.5) is 17.6 Å². The van der Waals surface area contributed by atoms with Crippen molar-refractivity contribution in [3.8, 4) is 5.75 Å². The van der Waals surface area contributed by atoms with Crippen molar-refractivity contribution >= 4 is 40.3 Å². The van der Waals surface area contributed by atoms with Gasteiger partial charge in [-0.25, -0.2) is 8.78 Å². The van der Waals surface area contributed by atoms with Crippen molar-refractivity contribution in [2.24, 2.45) is 5.92 Å². The first-order valence-corrected chi connectivity index (χ1v) is 13.6. The Bertz CT molecular complexity index is 1230. The maximum atomic E-state index is 13.9. The average Bonchev–Trinajstić information content (AvgIpc) is 2.90. The van der Waals surface area contributed by atoms with Gasteiger partial charge in [0.2, 0.25) is 17.5 Å². The molecule has 8 nitrogen and oxygen atoms in total. The van der Waals surface area contributed by atoms with Gasteiger partial charge in [-0.15, -0.1) is 0 Å². The number of carbonyl (C=O) groups excluding carboxylic acids is 2. The van der Waals surface area contributed by atoms with Crippen LogP contribution in [-0.4, -0.2) is 48.1 Å². The number of benzene rings is 2. The number of Topliss-reactive ketones (excluding diaryl/α,β-unsaturated/α-hetero) is 1. The van der Waals surface area contributed by atoms with E-state index in [0.717, 1.165) is 22.0 Å². The minimum atomic E-state index is -1.86. The molecule has 1 unspecified atom stereocenters. The lowest BCUT2D eigenvalue weighted by molar-refractivity contribution is -0.143. The van der Waals surface area contributed by atoms with Gasteiger partial charge in [-0.2, -0.15) is 8.78 Å². The summed E-state index contributed by atoms with van der Waals surface area (Å²) in [4.78, 5) is 37.7. The van der Waals surface area contributed by atoms with Crippen LogP contribution < -0.4 is 15.4 Å². The van der Waals surface area contributed by atoms with Crippen LogP contribution in [0.15, 0.2) is 30.3 Å². The van der Waals surface area contributed by atoms with Crippen LogP contribution in [-0.2, 0) is 24.8 Å². The zero-order valence-electron chi connectivity index (χ0n) is 21.7. The molecule has 2 aromatic rings. The standard InChI is InChI=1S/C27H29F4IN2O6/c1-14(2)24(34-27(9-5-6-10-40-27)15-7-3-4-8-18(15)32)26(38)33-19(12-21(36)37)20(35)13-39-25-22(30)16(28)11-17(29)23(25)31/h3-4,7-8,11,14,19,24,34H,5-6,9-10,12-13H2,1-2H3,(H,33,38)(H,36,37)/t19-,24-,27?/m0/s1. The number of hydrogen-bond donors (Lipinski definition) is 3. The third-order valence-corrected chi connectivity index (χ3v) is 7.37. The predicted molar refractivity (Wildman–Crippen MR) is 143 cm³/mol. The normalized spacial score (nSPS) is 18.7. The molecule has 1 amide bonds. The maximum absolute atomic E-state index is 13.9. The van der Waals surface area contributed by atoms with Crippen molar-refractivity contribution in [2.45, 2.75) is 57.3 Å². The number of ketones is 1. The van der Waals surface area contributed by atoms with E-state index in [1.165, 1.54) is 0 Å². The number of halogens is 5. The molecule has 218 valence electrons. The molecule has 1 aliphatic heterocycles. The Labute approximate surface area is 241 Å². The summed E-state index contributed by atoms with van der Waals surface area (Å²) < 4.78 is 66.6. The van der Waals surface area contributed by atoms with Crippen LogP contribution in [0.25, 0.3) is 0 Å². The van der Waals surface area contributed by atoms with Crippen LogP contribution in [0.2, 0.25) is 0 Å². The first-order chi connectivity index (χ1) is 18.9. The first kappa shape index (κ1) is 31.7. The summed E-state index contributed by atoms with van der Waals surface area (Å²) in [6, 6.07) is 4.86. The van der Waals surface area contributed by atoms with E-state index in [2.05, 4.69) is 33.2 Å². The Hall–Kier alpha value is -2.78. The number of nitrogens with one attached hydrogen (secondary N) is 2.